The zero-order valence-corrected chi connectivity index (χ0v) is 19.5. The van der Waals surface area contributed by atoms with E-state index in [4.69, 9.17) is 0 Å². The van der Waals surface area contributed by atoms with Gasteiger partial charge in [-0.15, -0.1) is 24.0 Å². The topological polar surface area (TPSA) is 55.5 Å². The van der Waals surface area contributed by atoms with Crippen molar-refractivity contribution < 1.29 is 4.39 Å². The first-order chi connectivity index (χ1) is 13.6. The molecule has 156 valence electrons. The van der Waals surface area contributed by atoms with Gasteiger partial charge in [0.1, 0.15) is 5.82 Å². The van der Waals surface area contributed by atoms with Crippen LogP contribution in [0, 0.1) is 5.82 Å². The fourth-order valence-electron chi connectivity index (χ4n) is 3.19. The summed E-state index contributed by atoms with van der Waals surface area (Å²) in [6, 6.07) is 13.4. The van der Waals surface area contributed by atoms with Crippen molar-refractivity contribution in [1.29, 1.82) is 0 Å². The van der Waals surface area contributed by atoms with Crippen molar-refractivity contribution in [2.24, 2.45) is 4.99 Å². The predicted molar refractivity (Wildman–Crippen MR) is 131 cm³/mol. The molecule has 3 aromatic rings. The van der Waals surface area contributed by atoms with Gasteiger partial charge in [0.25, 0.3) is 0 Å². The van der Waals surface area contributed by atoms with Crippen LogP contribution in [-0.4, -0.2) is 45.2 Å². The summed E-state index contributed by atoms with van der Waals surface area (Å²) in [5, 5.41) is 7.75. The normalized spacial score (nSPS) is 11.2. The highest BCUT2D eigenvalue weighted by atomic mass is 127. The Labute approximate surface area is 188 Å². The first kappa shape index (κ1) is 23.0. The summed E-state index contributed by atoms with van der Waals surface area (Å²) < 4.78 is 13.3. The van der Waals surface area contributed by atoms with E-state index >= 15 is 0 Å². The van der Waals surface area contributed by atoms with E-state index < -0.39 is 0 Å². The molecule has 0 aliphatic heterocycles. The third kappa shape index (κ3) is 6.35. The van der Waals surface area contributed by atoms with Crippen LogP contribution in [0.3, 0.4) is 0 Å². The number of benzene rings is 2. The molecule has 0 unspecified atom stereocenters. The zero-order chi connectivity index (χ0) is 19.9. The Kier molecular flexibility index (Phi) is 8.75. The molecule has 5 nitrogen and oxygen atoms in total. The van der Waals surface area contributed by atoms with Gasteiger partial charge in [0.2, 0.25) is 0 Å². The molecule has 29 heavy (non-hydrogen) atoms. The standard InChI is InChI=1S/C22H28FN5.HI/c1-24-22(25-12-10-16-4-7-19(8-5-16)28(2)3)26-13-11-17-15-27-21-14-18(23)6-9-20(17)21;/h4-9,14-15,27H,10-13H2,1-3H3,(H2,24,25,26);1H. The Balaban J connectivity index is 0.00000300. The number of nitrogens with zero attached hydrogens (tertiary/aromatic N) is 2. The summed E-state index contributed by atoms with van der Waals surface area (Å²) >= 11 is 0. The van der Waals surface area contributed by atoms with Crippen LogP contribution < -0.4 is 15.5 Å². The summed E-state index contributed by atoms with van der Waals surface area (Å²) in [5.74, 6) is 0.566. The Morgan fingerprint density at radius 1 is 1.03 bits per heavy atom. The number of aliphatic imine (C=N–C) groups is 1. The van der Waals surface area contributed by atoms with Crippen LogP contribution in [0.5, 0.6) is 0 Å². The van der Waals surface area contributed by atoms with Gasteiger partial charge in [-0.25, -0.2) is 4.39 Å². The lowest BCUT2D eigenvalue weighted by atomic mass is 10.1. The summed E-state index contributed by atoms with van der Waals surface area (Å²) in [7, 11) is 5.86. The molecule has 0 fully saturated rings. The quantitative estimate of drug-likeness (QED) is 0.257. The second-order valence-corrected chi connectivity index (χ2v) is 6.99. The molecule has 3 rings (SSSR count). The minimum absolute atomic E-state index is 0. The van der Waals surface area contributed by atoms with Crippen molar-refractivity contribution in [3.63, 3.8) is 0 Å². The van der Waals surface area contributed by atoms with Crippen LogP contribution in [0.1, 0.15) is 11.1 Å². The van der Waals surface area contributed by atoms with Crippen molar-refractivity contribution >= 4 is 46.5 Å². The number of fused-ring (bicyclic) bond motifs is 1. The first-order valence-electron chi connectivity index (χ1n) is 9.53. The van der Waals surface area contributed by atoms with E-state index in [1.54, 1.807) is 7.05 Å². The average molecular weight is 509 g/mol. The van der Waals surface area contributed by atoms with Crippen molar-refractivity contribution in [1.82, 2.24) is 15.6 Å². The highest BCUT2D eigenvalue weighted by Gasteiger charge is 2.05. The number of hydrogen-bond acceptors (Lipinski definition) is 2. The highest BCUT2D eigenvalue weighted by molar-refractivity contribution is 14.0. The second kappa shape index (κ2) is 11.0. The minimum atomic E-state index is -0.222. The van der Waals surface area contributed by atoms with Crippen molar-refractivity contribution in [3.8, 4) is 0 Å². The van der Waals surface area contributed by atoms with E-state index in [1.165, 1.54) is 28.9 Å². The molecule has 2 aromatic carbocycles. The smallest absolute Gasteiger partial charge is 0.190 e. The lowest BCUT2D eigenvalue weighted by Gasteiger charge is -2.14. The monoisotopic (exact) mass is 509 g/mol. The molecule has 0 atom stereocenters. The predicted octanol–water partition coefficient (Wildman–Crippen LogP) is 3.94. The van der Waals surface area contributed by atoms with Crippen LogP contribution in [-0.2, 0) is 12.8 Å². The molecular weight excluding hydrogens is 480 g/mol. The van der Waals surface area contributed by atoms with E-state index in [2.05, 4.69) is 49.8 Å². The summed E-state index contributed by atoms with van der Waals surface area (Å²) in [5.41, 5.74) is 4.49. The molecule has 0 aliphatic rings. The molecule has 0 radical (unpaired) electrons. The minimum Gasteiger partial charge on any atom is -0.378 e. The van der Waals surface area contributed by atoms with Gasteiger partial charge in [0.05, 0.1) is 0 Å². The Hall–Kier alpha value is -2.29. The number of anilines is 1. The van der Waals surface area contributed by atoms with Crippen LogP contribution in [0.25, 0.3) is 10.9 Å². The average Bonchev–Trinajstić information content (AvgIpc) is 3.09. The zero-order valence-electron chi connectivity index (χ0n) is 17.1. The number of guanidine groups is 1. The largest absolute Gasteiger partial charge is 0.378 e. The van der Waals surface area contributed by atoms with Crippen LogP contribution >= 0.6 is 24.0 Å². The van der Waals surface area contributed by atoms with Gasteiger partial charge < -0.3 is 20.5 Å². The molecule has 1 aromatic heterocycles. The molecule has 0 bridgehead atoms. The number of hydrogen-bond donors (Lipinski definition) is 3. The molecule has 1 heterocycles. The molecule has 7 heteroatoms. The maximum atomic E-state index is 13.3. The fourth-order valence-corrected chi connectivity index (χ4v) is 3.19. The van der Waals surface area contributed by atoms with Crippen LogP contribution in [0.15, 0.2) is 53.7 Å². The number of rotatable bonds is 7. The lowest BCUT2D eigenvalue weighted by molar-refractivity contribution is 0.629. The summed E-state index contributed by atoms with van der Waals surface area (Å²) in [6.45, 7) is 1.56. The summed E-state index contributed by atoms with van der Waals surface area (Å²) in [4.78, 5) is 9.50. The molecular formula is C22H29FIN5. The molecule has 0 saturated carbocycles. The van der Waals surface area contributed by atoms with Gasteiger partial charge in [0, 0.05) is 57.0 Å². The molecule has 0 spiro atoms. The van der Waals surface area contributed by atoms with Gasteiger partial charge in [-0.2, -0.15) is 0 Å². The molecule has 0 amide bonds. The fraction of sp³-hybridized carbons (Fsp3) is 0.318. The second-order valence-electron chi connectivity index (χ2n) is 6.99. The van der Waals surface area contributed by atoms with Crippen molar-refractivity contribution in [2.75, 3.05) is 39.1 Å². The number of aromatic amines is 1. The van der Waals surface area contributed by atoms with Gasteiger partial charge in [-0.05, 0) is 54.3 Å². The number of H-pyrrole nitrogens is 1. The first-order valence-corrected chi connectivity index (χ1v) is 9.53. The number of nitrogens with one attached hydrogen (secondary N) is 3. The van der Waals surface area contributed by atoms with Gasteiger partial charge >= 0.3 is 0 Å². The lowest BCUT2D eigenvalue weighted by Crippen LogP contribution is -2.39. The van der Waals surface area contributed by atoms with E-state index in [-0.39, 0.29) is 29.8 Å². The van der Waals surface area contributed by atoms with Crippen molar-refractivity contribution in [3.05, 3.63) is 65.6 Å². The maximum absolute atomic E-state index is 13.3. The third-order valence-electron chi connectivity index (χ3n) is 4.80. The molecule has 3 N–H and O–H groups in total. The van der Waals surface area contributed by atoms with E-state index in [0.717, 1.165) is 42.8 Å². The van der Waals surface area contributed by atoms with Gasteiger partial charge in [-0.1, -0.05) is 12.1 Å². The Morgan fingerprint density at radius 2 is 1.72 bits per heavy atom. The van der Waals surface area contributed by atoms with E-state index in [0.29, 0.717) is 0 Å². The van der Waals surface area contributed by atoms with E-state index in [1.807, 2.05) is 26.4 Å². The SMILES string of the molecule is CN=C(NCCc1ccc(N(C)C)cc1)NCCc1c[nH]c2cc(F)ccc12.I. The number of halogens is 2. The highest BCUT2D eigenvalue weighted by Crippen LogP contribution is 2.19. The molecule has 0 aliphatic carbocycles. The number of aromatic nitrogens is 1. The maximum Gasteiger partial charge on any atom is 0.190 e. The van der Waals surface area contributed by atoms with Gasteiger partial charge in [0.15, 0.2) is 5.96 Å². The van der Waals surface area contributed by atoms with Gasteiger partial charge in [-0.3, -0.25) is 4.99 Å². The van der Waals surface area contributed by atoms with Crippen molar-refractivity contribution in [2.45, 2.75) is 12.8 Å². The van der Waals surface area contributed by atoms with Crippen LogP contribution in [0.4, 0.5) is 10.1 Å². The third-order valence-corrected chi connectivity index (χ3v) is 4.80. The Morgan fingerprint density at radius 3 is 2.38 bits per heavy atom. The Bertz CT molecular complexity index is 934. The van der Waals surface area contributed by atoms with Crippen LogP contribution in [0.2, 0.25) is 0 Å². The molecule has 0 saturated heterocycles. The summed E-state index contributed by atoms with van der Waals surface area (Å²) in [6.07, 6.45) is 3.71. The van der Waals surface area contributed by atoms with E-state index in [9.17, 15) is 4.39 Å².